The van der Waals surface area contributed by atoms with E-state index in [2.05, 4.69) is 4.90 Å². The second kappa shape index (κ2) is 4.98. The minimum absolute atomic E-state index is 0.234. The number of rotatable bonds is 1. The van der Waals surface area contributed by atoms with Crippen molar-refractivity contribution < 1.29 is 9.13 Å². The Morgan fingerprint density at radius 3 is 2.60 bits per heavy atom. The summed E-state index contributed by atoms with van der Waals surface area (Å²) in [6.45, 7) is 5.16. The average Bonchev–Trinajstić information content (AvgIpc) is 2.46. The van der Waals surface area contributed by atoms with Crippen molar-refractivity contribution >= 4 is 17.3 Å². The molecule has 104 valence electrons. The lowest BCUT2D eigenvalue weighted by molar-refractivity contribution is 0.288. The molecule has 0 aromatic heterocycles. The van der Waals surface area contributed by atoms with Gasteiger partial charge in [0, 0.05) is 16.3 Å². The van der Waals surface area contributed by atoms with Gasteiger partial charge in [-0.15, -0.1) is 0 Å². The number of ether oxygens (including phenoxy) is 1. The van der Waals surface area contributed by atoms with Crippen LogP contribution in [0.15, 0.2) is 30.3 Å². The van der Waals surface area contributed by atoms with E-state index < -0.39 is 0 Å². The fraction of sp³-hybridized carbons (Fsp3) is 0.250. The number of halogens is 2. The van der Waals surface area contributed by atoms with E-state index in [0.717, 1.165) is 33.1 Å². The number of hydrogen-bond acceptors (Lipinski definition) is 2. The number of aryl methyl sites for hydroxylation is 1. The molecule has 20 heavy (non-hydrogen) atoms. The van der Waals surface area contributed by atoms with Gasteiger partial charge in [0.2, 0.25) is 0 Å². The van der Waals surface area contributed by atoms with Crippen LogP contribution < -0.4 is 9.64 Å². The molecule has 0 fully saturated rings. The summed E-state index contributed by atoms with van der Waals surface area (Å²) in [6, 6.07) is 8.41. The Hall–Kier alpha value is -1.74. The van der Waals surface area contributed by atoms with Crippen LogP contribution in [0.5, 0.6) is 5.75 Å². The third-order valence-corrected chi connectivity index (χ3v) is 4.27. The minimum Gasteiger partial charge on any atom is -0.473 e. The van der Waals surface area contributed by atoms with Gasteiger partial charge in [-0.05, 0) is 55.3 Å². The number of nitrogens with zero attached hydrogens (tertiary/aromatic N) is 1. The van der Waals surface area contributed by atoms with Crippen LogP contribution in [0.4, 0.5) is 10.1 Å². The summed E-state index contributed by atoms with van der Waals surface area (Å²) < 4.78 is 18.8. The van der Waals surface area contributed by atoms with Crippen LogP contribution >= 0.6 is 11.6 Å². The van der Waals surface area contributed by atoms with Crippen molar-refractivity contribution in [2.24, 2.45) is 0 Å². The van der Waals surface area contributed by atoms with E-state index >= 15 is 0 Å². The average molecular weight is 292 g/mol. The molecule has 0 unspecified atom stereocenters. The lowest BCUT2D eigenvalue weighted by Gasteiger charge is -2.32. The summed E-state index contributed by atoms with van der Waals surface area (Å²) in [7, 11) is 0. The maximum absolute atomic E-state index is 13.0. The molecule has 0 saturated heterocycles. The maximum atomic E-state index is 13.0. The fourth-order valence-electron chi connectivity index (χ4n) is 2.49. The number of benzene rings is 2. The quantitative estimate of drug-likeness (QED) is 0.769. The monoisotopic (exact) mass is 291 g/mol. The molecule has 3 rings (SSSR count). The molecule has 1 aliphatic heterocycles. The van der Waals surface area contributed by atoms with Crippen molar-refractivity contribution in [3.05, 3.63) is 57.9 Å². The van der Waals surface area contributed by atoms with Crippen molar-refractivity contribution in [3.63, 3.8) is 0 Å². The Bertz CT molecular complexity index is 655. The zero-order valence-electron chi connectivity index (χ0n) is 11.4. The Morgan fingerprint density at radius 1 is 1.20 bits per heavy atom. The lowest BCUT2D eigenvalue weighted by atomic mass is 10.0. The Balaban J connectivity index is 1.95. The zero-order chi connectivity index (χ0) is 14.3. The SMILES string of the molecule is Cc1cc2c(c(C)c1Cl)CN(c1ccc(F)cc1)CO2. The van der Waals surface area contributed by atoms with Gasteiger partial charge in [-0.3, -0.25) is 0 Å². The number of hydrogen-bond donors (Lipinski definition) is 0. The van der Waals surface area contributed by atoms with E-state index in [1.165, 1.54) is 12.1 Å². The van der Waals surface area contributed by atoms with Gasteiger partial charge in [-0.25, -0.2) is 4.39 Å². The van der Waals surface area contributed by atoms with E-state index in [9.17, 15) is 4.39 Å². The van der Waals surface area contributed by atoms with Gasteiger partial charge in [-0.2, -0.15) is 0 Å². The molecule has 2 nitrogen and oxygen atoms in total. The van der Waals surface area contributed by atoms with Gasteiger partial charge in [0.15, 0.2) is 6.73 Å². The van der Waals surface area contributed by atoms with Crippen LogP contribution in [0.25, 0.3) is 0 Å². The molecule has 2 aromatic rings. The van der Waals surface area contributed by atoms with E-state index in [4.69, 9.17) is 16.3 Å². The topological polar surface area (TPSA) is 12.5 Å². The highest BCUT2D eigenvalue weighted by atomic mass is 35.5. The van der Waals surface area contributed by atoms with Gasteiger partial charge in [-0.1, -0.05) is 11.6 Å². The van der Waals surface area contributed by atoms with Gasteiger partial charge >= 0.3 is 0 Å². The molecule has 1 heterocycles. The molecular formula is C16H15ClFNO. The van der Waals surface area contributed by atoms with Gasteiger partial charge < -0.3 is 9.64 Å². The van der Waals surface area contributed by atoms with Crippen molar-refractivity contribution in [2.45, 2.75) is 20.4 Å². The second-order valence-electron chi connectivity index (χ2n) is 5.06. The Kier molecular flexibility index (Phi) is 3.30. The third-order valence-electron chi connectivity index (χ3n) is 3.69. The van der Waals surface area contributed by atoms with Gasteiger partial charge in [0.05, 0.1) is 6.54 Å². The second-order valence-corrected chi connectivity index (χ2v) is 5.43. The molecule has 0 radical (unpaired) electrons. The lowest BCUT2D eigenvalue weighted by Crippen LogP contribution is -2.32. The van der Waals surface area contributed by atoms with Gasteiger partial charge in [0.25, 0.3) is 0 Å². The molecule has 0 N–H and O–H groups in total. The summed E-state index contributed by atoms with van der Waals surface area (Å²) >= 11 is 6.31. The zero-order valence-corrected chi connectivity index (χ0v) is 12.2. The summed E-state index contributed by atoms with van der Waals surface area (Å²) in [5.74, 6) is 0.657. The fourth-order valence-corrected chi connectivity index (χ4v) is 2.66. The van der Waals surface area contributed by atoms with Crippen LogP contribution in [-0.4, -0.2) is 6.73 Å². The molecule has 0 atom stereocenters. The predicted octanol–water partition coefficient (Wildman–Crippen LogP) is 4.45. The normalized spacial score (nSPS) is 13.9. The van der Waals surface area contributed by atoms with Crippen molar-refractivity contribution in [1.82, 2.24) is 0 Å². The highest BCUT2D eigenvalue weighted by Crippen LogP contribution is 2.36. The molecule has 0 amide bonds. The highest BCUT2D eigenvalue weighted by molar-refractivity contribution is 6.32. The summed E-state index contributed by atoms with van der Waals surface area (Å²) in [4.78, 5) is 2.06. The molecule has 0 spiro atoms. The first-order chi connectivity index (χ1) is 9.56. The molecular weight excluding hydrogens is 277 g/mol. The van der Waals surface area contributed by atoms with Crippen molar-refractivity contribution in [1.29, 1.82) is 0 Å². The molecule has 4 heteroatoms. The molecule has 0 aliphatic carbocycles. The highest BCUT2D eigenvalue weighted by Gasteiger charge is 2.21. The first-order valence-electron chi connectivity index (χ1n) is 6.48. The Morgan fingerprint density at radius 2 is 1.90 bits per heavy atom. The number of fused-ring (bicyclic) bond motifs is 1. The van der Waals surface area contributed by atoms with Crippen LogP contribution in [0.2, 0.25) is 5.02 Å². The molecule has 0 bridgehead atoms. The van der Waals surface area contributed by atoms with Crippen LogP contribution in [-0.2, 0) is 6.54 Å². The largest absolute Gasteiger partial charge is 0.473 e. The van der Waals surface area contributed by atoms with Crippen LogP contribution in [0.3, 0.4) is 0 Å². The molecule has 1 aliphatic rings. The summed E-state index contributed by atoms with van der Waals surface area (Å²) in [5.41, 5.74) is 4.11. The first-order valence-corrected chi connectivity index (χ1v) is 6.86. The van der Waals surface area contributed by atoms with E-state index in [-0.39, 0.29) is 5.82 Å². The standard InChI is InChI=1S/C16H15ClFNO/c1-10-7-15-14(11(2)16(10)17)8-19(9-20-15)13-5-3-12(18)4-6-13/h3-7H,8-9H2,1-2H3. The Labute approximate surface area is 122 Å². The van der Waals surface area contributed by atoms with Crippen molar-refractivity contribution in [2.75, 3.05) is 11.6 Å². The smallest absolute Gasteiger partial charge is 0.161 e. The van der Waals surface area contributed by atoms with E-state index in [0.29, 0.717) is 13.3 Å². The minimum atomic E-state index is -0.234. The maximum Gasteiger partial charge on any atom is 0.161 e. The van der Waals surface area contributed by atoms with Gasteiger partial charge in [0.1, 0.15) is 11.6 Å². The van der Waals surface area contributed by atoms with Crippen molar-refractivity contribution in [3.8, 4) is 5.75 Å². The number of anilines is 1. The molecule has 2 aromatic carbocycles. The van der Waals surface area contributed by atoms with E-state index in [1.54, 1.807) is 12.1 Å². The summed E-state index contributed by atoms with van der Waals surface area (Å²) in [5, 5.41) is 0.785. The third kappa shape index (κ3) is 2.22. The van der Waals surface area contributed by atoms with E-state index in [1.807, 2.05) is 19.9 Å². The molecule has 0 saturated carbocycles. The predicted molar refractivity (Wildman–Crippen MR) is 79.0 cm³/mol. The first kappa shape index (κ1) is 13.3. The van der Waals surface area contributed by atoms with Crippen LogP contribution in [0.1, 0.15) is 16.7 Å². The van der Waals surface area contributed by atoms with Crippen LogP contribution in [0, 0.1) is 19.7 Å². The summed E-state index contributed by atoms with van der Waals surface area (Å²) in [6.07, 6.45) is 0.